The van der Waals surface area contributed by atoms with Crippen molar-refractivity contribution in [3.05, 3.63) is 33.2 Å². The summed E-state index contributed by atoms with van der Waals surface area (Å²) in [5.74, 6) is 0. The third kappa shape index (κ3) is 1.42. The monoisotopic (exact) mass is 278 g/mol. The highest BCUT2D eigenvalue weighted by Gasteiger charge is 2.17. The van der Waals surface area contributed by atoms with Gasteiger partial charge in [-0.3, -0.25) is 0 Å². The Morgan fingerprint density at radius 3 is 2.87 bits per heavy atom. The van der Waals surface area contributed by atoms with E-state index >= 15 is 0 Å². The number of thioether (sulfide) groups is 1. The van der Waals surface area contributed by atoms with Gasteiger partial charge in [0, 0.05) is 4.90 Å². The van der Waals surface area contributed by atoms with E-state index in [0.29, 0.717) is 4.16 Å². The number of hydrogen-bond donors (Lipinski definition) is 0. The van der Waals surface area contributed by atoms with Crippen LogP contribution in [0.3, 0.4) is 0 Å². The number of alkyl halides is 1. The van der Waals surface area contributed by atoms with Crippen molar-refractivity contribution >= 4 is 45.9 Å². The van der Waals surface area contributed by atoms with E-state index in [9.17, 15) is 0 Å². The Labute approximate surface area is 102 Å². The summed E-state index contributed by atoms with van der Waals surface area (Å²) < 4.78 is 0.443. The first-order valence-electron chi connectivity index (χ1n) is 5.01. The molecule has 0 radical (unpaired) electrons. The van der Waals surface area contributed by atoms with Crippen molar-refractivity contribution in [1.82, 2.24) is 0 Å². The summed E-state index contributed by atoms with van der Waals surface area (Å²) in [5, 5.41) is 2.80. The molecule has 15 heavy (non-hydrogen) atoms. The van der Waals surface area contributed by atoms with Crippen LogP contribution in [-0.2, 0) is 0 Å². The number of fused-ring (bicyclic) bond motifs is 2. The third-order valence-corrected chi connectivity index (χ3v) is 4.74. The van der Waals surface area contributed by atoms with E-state index in [-0.39, 0.29) is 0 Å². The third-order valence-electron chi connectivity index (χ3n) is 2.96. The molecule has 1 aromatic rings. The Kier molecular flexibility index (Phi) is 2.12. The summed E-state index contributed by atoms with van der Waals surface area (Å²) >= 11 is 5.53. The van der Waals surface area contributed by atoms with Crippen molar-refractivity contribution < 1.29 is 0 Å². The maximum Gasteiger partial charge on any atom is 0.0836 e. The molecule has 0 amide bonds. The summed E-state index contributed by atoms with van der Waals surface area (Å²) in [6.07, 6.45) is 6.85. The van der Waals surface area contributed by atoms with Gasteiger partial charge in [0.05, 0.1) is 4.16 Å². The zero-order chi connectivity index (χ0) is 10.6. The average molecular weight is 279 g/mol. The first-order valence-corrected chi connectivity index (χ1v) is 6.81. The van der Waals surface area contributed by atoms with E-state index in [0.717, 1.165) is 0 Å². The van der Waals surface area contributed by atoms with E-state index in [1.54, 1.807) is 0 Å². The van der Waals surface area contributed by atoms with E-state index in [4.69, 9.17) is 0 Å². The van der Waals surface area contributed by atoms with Crippen LogP contribution in [0.15, 0.2) is 16.5 Å². The van der Waals surface area contributed by atoms with E-state index in [1.165, 1.54) is 32.0 Å². The second-order valence-corrected chi connectivity index (χ2v) is 6.86. The molecule has 0 nitrogen and oxygen atoms in total. The van der Waals surface area contributed by atoms with Crippen LogP contribution in [0.4, 0.5) is 0 Å². The fraction of sp³-hybridized carbons (Fsp3) is 0.231. The van der Waals surface area contributed by atoms with Crippen molar-refractivity contribution in [3.8, 4) is 0 Å². The summed E-state index contributed by atoms with van der Waals surface area (Å²) in [6, 6.07) is 2.31. The standard InChI is InChI=1S/C13H11BrS/c1-7-3-9-5-12-11(6-13(14)15-12)8(2)10(9)4-7/h3-6,13H,1-2H3. The number of benzene rings is 1. The lowest BCUT2D eigenvalue weighted by molar-refractivity contribution is 1.26. The topological polar surface area (TPSA) is 0 Å². The molecule has 1 aliphatic heterocycles. The van der Waals surface area contributed by atoms with Gasteiger partial charge in [0.1, 0.15) is 0 Å². The molecular formula is C13H11BrS. The van der Waals surface area contributed by atoms with Crippen LogP contribution in [0.5, 0.6) is 0 Å². The Bertz CT molecular complexity index is 596. The zero-order valence-electron chi connectivity index (χ0n) is 8.67. The summed E-state index contributed by atoms with van der Waals surface area (Å²) in [5.41, 5.74) is 4.19. The second kappa shape index (κ2) is 3.26. The average Bonchev–Trinajstić information content (AvgIpc) is 2.69. The molecule has 0 aromatic heterocycles. The van der Waals surface area contributed by atoms with Crippen LogP contribution < -0.4 is 10.4 Å². The van der Waals surface area contributed by atoms with Crippen molar-refractivity contribution in [2.45, 2.75) is 22.9 Å². The van der Waals surface area contributed by atoms with Crippen LogP contribution in [-0.4, -0.2) is 4.16 Å². The summed E-state index contributed by atoms with van der Waals surface area (Å²) in [6.45, 7) is 4.39. The number of hydrogen-bond acceptors (Lipinski definition) is 1. The number of allylic oxidation sites excluding steroid dienone is 1. The Hall–Kier alpha value is -0.470. The van der Waals surface area contributed by atoms with Gasteiger partial charge in [-0.2, -0.15) is 0 Å². The van der Waals surface area contributed by atoms with Crippen molar-refractivity contribution in [2.24, 2.45) is 0 Å². The predicted molar refractivity (Wildman–Crippen MR) is 71.6 cm³/mol. The van der Waals surface area contributed by atoms with Crippen LogP contribution in [0, 0.1) is 6.92 Å². The fourth-order valence-corrected chi connectivity index (χ4v) is 4.12. The first-order chi connectivity index (χ1) is 7.15. The minimum Gasteiger partial charge on any atom is -0.106 e. The zero-order valence-corrected chi connectivity index (χ0v) is 11.1. The minimum absolute atomic E-state index is 0.443. The smallest absolute Gasteiger partial charge is 0.0836 e. The number of halogens is 1. The molecular weight excluding hydrogens is 268 g/mol. The van der Waals surface area contributed by atoms with Gasteiger partial charge in [0.2, 0.25) is 0 Å². The molecule has 0 spiro atoms. The van der Waals surface area contributed by atoms with Gasteiger partial charge in [0.15, 0.2) is 0 Å². The predicted octanol–water partition coefficient (Wildman–Crippen LogP) is 2.80. The largest absolute Gasteiger partial charge is 0.106 e. The maximum atomic E-state index is 3.64. The molecule has 1 heterocycles. The van der Waals surface area contributed by atoms with E-state index in [2.05, 4.69) is 54.1 Å². The van der Waals surface area contributed by atoms with E-state index in [1.807, 2.05) is 11.8 Å². The Morgan fingerprint density at radius 2 is 2.07 bits per heavy atom. The molecule has 0 saturated heterocycles. The van der Waals surface area contributed by atoms with E-state index < -0.39 is 0 Å². The molecule has 1 unspecified atom stereocenters. The van der Waals surface area contributed by atoms with Crippen molar-refractivity contribution in [3.63, 3.8) is 0 Å². The second-order valence-electron chi connectivity index (χ2n) is 4.08. The first kappa shape index (κ1) is 9.73. The Balaban J connectivity index is 2.39. The quantitative estimate of drug-likeness (QED) is 0.658. The molecule has 1 atom stereocenters. The maximum absolute atomic E-state index is 3.64. The van der Waals surface area contributed by atoms with Crippen molar-refractivity contribution in [1.29, 1.82) is 0 Å². The minimum atomic E-state index is 0.443. The fourth-order valence-electron chi connectivity index (χ4n) is 2.26. The van der Waals surface area contributed by atoms with Gasteiger partial charge < -0.3 is 0 Å². The molecule has 2 heteroatoms. The lowest BCUT2D eigenvalue weighted by Gasteiger charge is -2.02. The lowest BCUT2D eigenvalue weighted by Crippen LogP contribution is -2.16. The number of rotatable bonds is 0. The molecule has 76 valence electrons. The molecule has 0 saturated carbocycles. The Morgan fingerprint density at radius 1 is 1.27 bits per heavy atom. The molecule has 0 bridgehead atoms. The van der Waals surface area contributed by atoms with Gasteiger partial charge >= 0.3 is 0 Å². The normalized spacial score (nSPS) is 21.5. The highest BCUT2D eigenvalue weighted by atomic mass is 79.9. The molecule has 0 N–H and O–H groups in total. The van der Waals surface area contributed by atoms with Gasteiger partial charge in [-0.15, -0.1) is 11.8 Å². The van der Waals surface area contributed by atoms with Crippen LogP contribution >= 0.6 is 27.7 Å². The lowest BCUT2D eigenvalue weighted by atomic mass is 10.1. The highest BCUT2D eigenvalue weighted by molar-refractivity contribution is 9.11. The molecule has 1 aromatic carbocycles. The van der Waals surface area contributed by atoms with Gasteiger partial charge in [-0.1, -0.05) is 34.2 Å². The summed E-state index contributed by atoms with van der Waals surface area (Å²) in [4.78, 5) is 1.41. The highest BCUT2D eigenvalue weighted by Crippen LogP contribution is 2.31. The molecule has 0 fully saturated rings. The molecule has 2 aliphatic rings. The van der Waals surface area contributed by atoms with Crippen molar-refractivity contribution in [2.75, 3.05) is 0 Å². The van der Waals surface area contributed by atoms with Crippen LogP contribution in [0.2, 0.25) is 0 Å². The van der Waals surface area contributed by atoms with Gasteiger partial charge in [-0.25, -0.2) is 0 Å². The molecule has 3 rings (SSSR count). The van der Waals surface area contributed by atoms with Gasteiger partial charge in [-0.05, 0) is 47.1 Å². The SMILES string of the molecule is CC1=Cc2c(C)c3c(cc2=C1)SC(Br)C=3. The van der Waals surface area contributed by atoms with Gasteiger partial charge in [0.25, 0.3) is 0 Å². The summed E-state index contributed by atoms with van der Waals surface area (Å²) in [7, 11) is 0. The molecule has 1 aliphatic carbocycles. The van der Waals surface area contributed by atoms with Crippen LogP contribution in [0.25, 0.3) is 18.2 Å². The van der Waals surface area contributed by atoms with Crippen LogP contribution in [0.1, 0.15) is 18.1 Å².